The third-order valence-electron chi connectivity index (χ3n) is 4.95. The van der Waals surface area contributed by atoms with Gasteiger partial charge in [0.15, 0.2) is 5.96 Å². The fraction of sp³-hybridized carbons (Fsp3) is 0.409. The molecule has 1 saturated heterocycles. The Morgan fingerprint density at radius 2 is 1.93 bits per heavy atom. The Balaban J connectivity index is 1.41. The zero-order valence-electron chi connectivity index (χ0n) is 16.2. The van der Waals surface area contributed by atoms with Gasteiger partial charge in [0.1, 0.15) is 5.75 Å². The molecule has 5 heteroatoms. The fourth-order valence-corrected chi connectivity index (χ4v) is 3.52. The fourth-order valence-electron chi connectivity index (χ4n) is 3.52. The van der Waals surface area contributed by atoms with Crippen LogP contribution in [0.15, 0.2) is 59.6 Å². The Labute approximate surface area is 162 Å². The highest BCUT2D eigenvalue weighted by molar-refractivity contribution is 5.80. The van der Waals surface area contributed by atoms with Gasteiger partial charge in [0.2, 0.25) is 0 Å². The van der Waals surface area contributed by atoms with E-state index in [1.54, 1.807) is 7.11 Å². The lowest BCUT2D eigenvalue weighted by Crippen LogP contribution is -2.41. The van der Waals surface area contributed by atoms with Gasteiger partial charge in [-0.3, -0.25) is 4.99 Å². The normalized spacial score (nSPS) is 17.2. The van der Waals surface area contributed by atoms with E-state index in [9.17, 15) is 0 Å². The summed E-state index contributed by atoms with van der Waals surface area (Å²) >= 11 is 0. The molecule has 1 aliphatic heterocycles. The zero-order valence-corrected chi connectivity index (χ0v) is 16.2. The summed E-state index contributed by atoms with van der Waals surface area (Å²) in [6, 6.07) is 18.7. The van der Waals surface area contributed by atoms with Gasteiger partial charge in [0, 0.05) is 38.2 Å². The Morgan fingerprint density at radius 3 is 2.70 bits per heavy atom. The third-order valence-corrected chi connectivity index (χ3v) is 4.95. The highest BCUT2D eigenvalue weighted by Crippen LogP contribution is 2.26. The molecule has 1 heterocycles. The van der Waals surface area contributed by atoms with Crippen molar-refractivity contribution < 1.29 is 9.47 Å². The standard InChI is InChI=1S/C22H29N3O2/c1-23-22(25-14-12-19(16-25)18-8-4-3-5-9-18)24-13-15-27-17-20-10-6-7-11-21(20)26-2/h3-11,19H,12-17H2,1-2H3,(H,23,24). The molecule has 1 N–H and O–H groups in total. The molecule has 0 radical (unpaired) electrons. The molecule has 144 valence electrons. The van der Waals surface area contributed by atoms with Crippen LogP contribution in [-0.4, -0.2) is 51.3 Å². The molecule has 1 aliphatic rings. The molecule has 3 rings (SSSR count). The molecule has 0 amide bonds. The van der Waals surface area contributed by atoms with Crippen molar-refractivity contribution in [2.75, 3.05) is 40.4 Å². The highest BCUT2D eigenvalue weighted by atomic mass is 16.5. The summed E-state index contributed by atoms with van der Waals surface area (Å²) in [6.45, 7) is 3.93. The maximum absolute atomic E-state index is 5.79. The van der Waals surface area contributed by atoms with Crippen LogP contribution >= 0.6 is 0 Å². The SMILES string of the molecule is CN=C(NCCOCc1ccccc1OC)N1CCC(c2ccccc2)C1. The number of benzene rings is 2. The lowest BCUT2D eigenvalue weighted by atomic mass is 9.99. The Hall–Kier alpha value is -2.53. The number of rotatable bonds is 7. The number of para-hydroxylation sites is 1. The van der Waals surface area contributed by atoms with Crippen LogP contribution in [0.5, 0.6) is 5.75 Å². The van der Waals surface area contributed by atoms with Crippen molar-refractivity contribution in [3.63, 3.8) is 0 Å². The van der Waals surface area contributed by atoms with Crippen LogP contribution in [0.2, 0.25) is 0 Å². The molecule has 2 aromatic rings. The van der Waals surface area contributed by atoms with Crippen molar-refractivity contribution in [1.82, 2.24) is 10.2 Å². The first-order chi connectivity index (χ1) is 13.3. The van der Waals surface area contributed by atoms with E-state index in [2.05, 4.69) is 45.5 Å². The number of hydrogen-bond donors (Lipinski definition) is 1. The van der Waals surface area contributed by atoms with Gasteiger partial charge in [-0.05, 0) is 18.1 Å². The average Bonchev–Trinajstić information content (AvgIpc) is 3.21. The van der Waals surface area contributed by atoms with Crippen molar-refractivity contribution in [3.8, 4) is 5.75 Å². The number of methoxy groups -OCH3 is 1. The topological polar surface area (TPSA) is 46.1 Å². The van der Waals surface area contributed by atoms with E-state index < -0.39 is 0 Å². The summed E-state index contributed by atoms with van der Waals surface area (Å²) in [6.07, 6.45) is 1.16. The maximum atomic E-state index is 5.79. The van der Waals surface area contributed by atoms with E-state index in [4.69, 9.17) is 9.47 Å². The van der Waals surface area contributed by atoms with Gasteiger partial charge < -0.3 is 19.7 Å². The minimum atomic E-state index is 0.546. The van der Waals surface area contributed by atoms with Gasteiger partial charge in [-0.2, -0.15) is 0 Å². The Morgan fingerprint density at radius 1 is 1.15 bits per heavy atom. The lowest BCUT2D eigenvalue weighted by molar-refractivity contribution is 0.123. The molecule has 0 spiro atoms. The van der Waals surface area contributed by atoms with Crippen LogP contribution in [0.3, 0.4) is 0 Å². The number of guanidine groups is 1. The number of ether oxygens (including phenoxy) is 2. The molecule has 0 saturated carbocycles. The average molecular weight is 367 g/mol. The largest absolute Gasteiger partial charge is 0.496 e. The van der Waals surface area contributed by atoms with Crippen molar-refractivity contribution in [1.29, 1.82) is 0 Å². The van der Waals surface area contributed by atoms with Crippen LogP contribution in [0, 0.1) is 0 Å². The number of nitrogens with one attached hydrogen (secondary N) is 1. The van der Waals surface area contributed by atoms with Gasteiger partial charge in [0.05, 0.1) is 20.3 Å². The molecule has 1 fully saturated rings. The predicted molar refractivity (Wildman–Crippen MR) is 109 cm³/mol. The van der Waals surface area contributed by atoms with Gasteiger partial charge >= 0.3 is 0 Å². The van der Waals surface area contributed by atoms with Gasteiger partial charge in [-0.1, -0.05) is 48.5 Å². The summed E-state index contributed by atoms with van der Waals surface area (Å²) in [7, 11) is 3.52. The van der Waals surface area contributed by atoms with E-state index >= 15 is 0 Å². The second-order valence-corrected chi connectivity index (χ2v) is 6.68. The number of hydrogen-bond acceptors (Lipinski definition) is 3. The van der Waals surface area contributed by atoms with E-state index in [0.717, 1.165) is 43.3 Å². The summed E-state index contributed by atoms with van der Waals surface area (Å²) in [5, 5.41) is 3.42. The minimum Gasteiger partial charge on any atom is -0.496 e. The molecular formula is C22H29N3O2. The van der Waals surface area contributed by atoms with Crippen molar-refractivity contribution in [2.24, 2.45) is 4.99 Å². The monoisotopic (exact) mass is 367 g/mol. The van der Waals surface area contributed by atoms with E-state index in [-0.39, 0.29) is 0 Å². The molecular weight excluding hydrogens is 338 g/mol. The Bertz CT molecular complexity index is 733. The molecule has 0 bridgehead atoms. The molecule has 0 aliphatic carbocycles. The predicted octanol–water partition coefficient (Wildman–Crippen LogP) is 3.28. The molecule has 1 unspecified atom stereocenters. The summed E-state index contributed by atoms with van der Waals surface area (Å²) in [4.78, 5) is 6.77. The van der Waals surface area contributed by atoms with Crippen LogP contribution in [0.25, 0.3) is 0 Å². The second-order valence-electron chi connectivity index (χ2n) is 6.68. The summed E-state index contributed by atoms with van der Waals surface area (Å²) < 4.78 is 11.1. The maximum Gasteiger partial charge on any atom is 0.193 e. The number of likely N-dealkylation sites (tertiary alicyclic amines) is 1. The van der Waals surface area contributed by atoms with E-state index in [1.807, 2.05) is 31.3 Å². The first-order valence-electron chi connectivity index (χ1n) is 9.52. The van der Waals surface area contributed by atoms with Crippen molar-refractivity contribution in [3.05, 3.63) is 65.7 Å². The molecule has 5 nitrogen and oxygen atoms in total. The molecule has 0 aromatic heterocycles. The number of nitrogens with zero attached hydrogens (tertiary/aromatic N) is 2. The lowest BCUT2D eigenvalue weighted by Gasteiger charge is -2.22. The van der Waals surface area contributed by atoms with E-state index in [0.29, 0.717) is 19.1 Å². The molecule has 27 heavy (non-hydrogen) atoms. The first-order valence-corrected chi connectivity index (χ1v) is 9.52. The third kappa shape index (κ3) is 5.23. The zero-order chi connectivity index (χ0) is 18.9. The van der Waals surface area contributed by atoms with Crippen LogP contribution < -0.4 is 10.1 Å². The smallest absolute Gasteiger partial charge is 0.193 e. The van der Waals surface area contributed by atoms with Crippen LogP contribution in [0.4, 0.5) is 0 Å². The van der Waals surface area contributed by atoms with Gasteiger partial charge in [-0.15, -0.1) is 0 Å². The Kier molecular flexibility index (Phi) is 7.11. The summed E-state index contributed by atoms with van der Waals surface area (Å²) in [5.41, 5.74) is 2.48. The molecule has 2 aromatic carbocycles. The number of aliphatic imine (C=N–C) groups is 1. The van der Waals surface area contributed by atoms with Crippen molar-refractivity contribution >= 4 is 5.96 Å². The van der Waals surface area contributed by atoms with Crippen LogP contribution in [-0.2, 0) is 11.3 Å². The highest BCUT2D eigenvalue weighted by Gasteiger charge is 2.25. The van der Waals surface area contributed by atoms with E-state index in [1.165, 1.54) is 5.56 Å². The van der Waals surface area contributed by atoms with Gasteiger partial charge in [-0.25, -0.2) is 0 Å². The second kappa shape index (κ2) is 9.97. The quantitative estimate of drug-likeness (QED) is 0.463. The van der Waals surface area contributed by atoms with Crippen LogP contribution in [0.1, 0.15) is 23.5 Å². The molecule has 1 atom stereocenters. The summed E-state index contributed by atoms with van der Waals surface area (Å²) in [5.74, 6) is 2.39. The first kappa shape index (κ1) is 19.2. The van der Waals surface area contributed by atoms with Gasteiger partial charge in [0.25, 0.3) is 0 Å². The minimum absolute atomic E-state index is 0.546. The van der Waals surface area contributed by atoms with Crippen molar-refractivity contribution in [2.45, 2.75) is 18.9 Å².